The van der Waals surface area contributed by atoms with Crippen LogP contribution in [0.3, 0.4) is 0 Å². The van der Waals surface area contributed by atoms with Crippen molar-refractivity contribution in [3.63, 3.8) is 0 Å². The molecular weight excluding hydrogens is 362 g/mol. The third-order valence-corrected chi connectivity index (χ3v) is 6.40. The summed E-state index contributed by atoms with van der Waals surface area (Å²) in [7, 11) is 0. The molecule has 5 rings (SSSR count). The maximum absolute atomic E-state index is 13.4. The molecule has 27 heavy (non-hydrogen) atoms. The number of carbonyl (C=O) groups is 1. The first-order valence-corrected chi connectivity index (χ1v) is 10.0. The summed E-state index contributed by atoms with van der Waals surface area (Å²) in [5.41, 5.74) is 0.929. The van der Waals surface area contributed by atoms with Gasteiger partial charge in [-0.25, -0.2) is 9.97 Å². The number of hydrogen-bond donors (Lipinski definition) is 2. The van der Waals surface area contributed by atoms with Crippen LogP contribution < -0.4 is 16.2 Å². The minimum Gasteiger partial charge on any atom is -0.335 e. The number of anilines is 2. The van der Waals surface area contributed by atoms with Crippen LogP contribution in [-0.4, -0.2) is 20.4 Å². The Kier molecular flexibility index (Phi) is 3.58. The molecule has 8 heteroatoms. The smallest absolute Gasteiger partial charge is 0.276 e. The van der Waals surface area contributed by atoms with Gasteiger partial charge in [0.15, 0.2) is 0 Å². The zero-order valence-electron chi connectivity index (χ0n) is 14.9. The lowest BCUT2D eigenvalue weighted by Crippen LogP contribution is -2.48. The van der Waals surface area contributed by atoms with Gasteiger partial charge in [-0.2, -0.15) is 0 Å². The molecule has 3 aromatic heterocycles. The molecule has 2 N–H and O–H groups in total. The average Bonchev–Trinajstić information content (AvgIpc) is 3.24. The molecule has 7 nitrogen and oxygen atoms in total. The molecule has 3 aromatic rings. The Bertz CT molecular complexity index is 1130. The van der Waals surface area contributed by atoms with Crippen molar-refractivity contribution in [2.24, 2.45) is 0 Å². The first kappa shape index (κ1) is 16.4. The highest BCUT2D eigenvalue weighted by molar-refractivity contribution is 7.16. The molecule has 1 aliphatic carbocycles. The third-order valence-electron chi connectivity index (χ3n) is 5.58. The third kappa shape index (κ3) is 2.39. The van der Waals surface area contributed by atoms with Crippen molar-refractivity contribution in [1.82, 2.24) is 19.9 Å². The fraction of sp³-hybridized carbons (Fsp3) is 0.368. The van der Waals surface area contributed by atoms with Gasteiger partial charge in [-0.05, 0) is 55.7 Å². The van der Waals surface area contributed by atoms with E-state index in [0.29, 0.717) is 17.2 Å². The van der Waals surface area contributed by atoms with Crippen molar-refractivity contribution in [3.05, 3.63) is 45.5 Å². The second-order valence-electron chi connectivity index (χ2n) is 7.26. The second-order valence-corrected chi connectivity index (χ2v) is 8.16. The molecule has 4 heterocycles. The Balaban J connectivity index is 1.67. The van der Waals surface area contributed by atoms with Gasteiger partial charge in [-0.15, -0.1) is 11.3 Å². The molecular formula is C19H19N5O2S. The first-order valence-electron chi connectivity index (χ1n) is 9.14. The molecule has 1 saturated carbocycles. The molecule has 1 amide bonds. The Labute approximate surface area is 159 Å². The Morgan fingerprint density at radius 2 is 2.04 bits per heavy atom. The first-order chi connectivity index (χ1) is 13.1. The van der Waals surface area contributed by atoms with Gasteiger partial charge in [-0.3, -0.25) is 14.2 Å². The highest BCUT2D eigenvalue weighted by Crippen LogP contribution is 2.37. The van der Waals surface area contributed by atoms with E-state index in [4.69, 9.17) is 0 Å². The summed E-state index contributed by atoms with van der Waals surface area (Å²) >= 11 is 1.53. The maximum atomic E-state index is 13.4. The number of thiophene rings is 1. The normalized spacial score (nSPS) is 17.9. The summed E-state index contributed by atoms with van der Waals surface area (Å²) in [5.74, 6) is 0.452. The van der Waals surface area contributed by atoms with Gasteiger partial charge >= 0.3 is 0 Å². The molecule has 1 spiro atoms. The van der Waals surface area contributed by atoms with E-state index in [0.717, 1.165) is 47.9 Å². The van der Waals surface area contributed by atoms with Crippen molar-refractivity contribution in [2.45, 2.75) is 44.7 Å². The highest BCUT2D eigenvalue weighted by Gasteiger charge is 2.45. The highest BCUT2D eigenvalue weighted by atomic mass is 32.1. The summed E-state index contributed by atoms with van der Waals surface area (Å²) in [6.07, 6.45) is 6.21. The van der Waals surface area contributed by atoms with Gasteiger partial charge in [0.25, 0.3) is 11.5 Å². The van der Waals surface area contributed by atoms with E-state index < -0.39 is 5.66 Å². The molecule has 0 bridgehead atoms. The number of fused-ring (bicyclic) bond motifs is 3. The van der Waals surface area contributed by atoms with Crippen molar-refractivity contribution in [1.29, 1.82) is 0 Å². The van der Waals surface area contributed by atoms with Crippen LogP contribution in [0.4, 0.5) is 11.5 Å². The molecule has 2 aliphatic rings. The Hall–Kier alpha value is -2.74. The van der Waals surface area contributed by atoms with E-state index in [2.05, 4.69) is 20.6 Å². The SMILES string of the molecule is Cc1cc(Nc2ncnc3sccc23)c(=O)n2c1C(=O)NC21CCCCC1. The van der Waals surface area contributed by atoms with Gasteiger partial charge in [0.05, 0.1) is 5.39 Å². The van der Waals surface area contributed by atoms with Crippen LogP contribution >= 0.6 is 11.3 Å². The second kappa shape index (κ2) is 5.88. The predicted octanol–water partition coefficient (Wildman–Crippen LogP) is 3.27. The van der Waals surface area contributed by atoms with Crippen molar-refractivity contribution < 1.29 is 4.79 Å². The number of rotatable bonds is 2. The van der Waals surface area contributed by atoms with E-state index >= 15 is 0 Å². The number of hydrogen-bond acceptors (Lipinski definition) is 6. The average molecular weight is 381 g/mol. The quantitative estimate of drug-likeness (QED) is 0.711. The summed E-state index contributed by atoms with van der Waals surface area (Å²) < 4.78 is 1.69. The van der Waals surface area contributed by atoms with E-state index in [1.54, 1.807) is 10.6 Å². The zero-order chi connectivity index (χ0) is 18.6. The Morgan fingerprint density at radius 3 is 2.85 bits per heavy atom. The molecule has 0 aromatic carbocycles. The van der Waals surface area contributed by atoms with Gasteiger partial charge in [0, 0.05) is 0 Å². The molecule has 1 fully saturated rings. The number of carbonyl (C=O) groups excluding carboxylic acids is 1. The van der Waals surface area contributed by atoms with E-state index in [9.17, 15) is 9.59 Å². The fourth-order valence-electron chi connectivity index (χ4n) is 4.35. The summed E-state index contributed by atoms with van der Waals surface area (Å²) in [5, 5.41) is 9.13. The van der Waals surface area contributed by atoms with Gasteiger partial charge < -0.3 is 10.6 Å². The molecule has 0 radical (unpaired) electrons. The van der Waals surface area contributed by atoms with Crippen molar-refractivity contribution in [2.75, 3.05) is 5.32 Å². The summed E-state index contributed by atoms with van der Waals surface area (Å²) in [4.78, 5) is 35.4. The number of aromatic nitrogens is 3. The van der Waals surface area contributed by atoms with Crippen molar-refractivity contribution in [3.8, 4) is 0 Å². The number of amides is 1. The predicted molar refractivity (Wildman–Crippen MR) is 105 cm³/mol. The summed E-state index contributed by atoms with van der Waals surface area (Å²) in [6.45, 7) is 1.87. The largest absolute Gasteiger partial charge is 0.335 e. The fourth-order valence-corrected chi connectivity index (χ4v) is 5.09. The van der Waals surface area contributed by atoms with E-state index in [1.807, 2.05) is 18.4 Å². The number of aryl methyl sites for hydroxylation is 1. The molecule has 138 valence electrons. The topological polar surface area (TPSA) is 88.9 Å². The number of pyridine rings is 1. The number of nitrogens with zero attached hydrogens (tertiary/aromatic N) is 3. The van der Waals surface area contributed by atoms with Crippen LogP contribution in [0.25, 0.3) is 10.2 Å². The van der Waals surface area contributed by atoms with Crippen LogP contribution in [0.5, 0.6) is 0 Å². The van der Waals surface area contributed by atoms with Gasteiger partial charge in [0.2, 0.25) is 0 Å². The van der Waals surface area contributed by atoms with E-state index in [-0.39, 0.29) is 11.5 Å². The minimum atomic E-state index is -0.590. The van der Waals surface area contributed by atoms with Gasteiger partial charge in [0.1, 0.15) is 34.0 Å². The lowest BCUT2D eigenvalue weighted by Gasteiger charge is -2.35. The monoisotopic (exact) mass is 381 g/mol. The lowest BCUT2D eigenvalue weighted by molar-refractivity contribution is 0.0876. The van der Waals surface area contributed by atoms with E-state index in [1.165, 1.54) is 17.7 Å². The number of nitrogens with one attached hydrogen (secondary N) is 2. The standard InChI is InChI=1S/C19H19N5O2S/c1-11-9-13(22-15-12-5-8-27-17(12)21-10-20-15)18(26)24-14(11)16(25)23-19(24)6-3-2-4-7-19/h5,8-10H,2-4,6-7H2,1H3,(H,23,25)(H,20,21,22). The maximum Gasteiger partial charge on any atom is 0.276 e. The summed E-state index contributed by atoms with van der Waals surface area (Å²) in [6, 6.07) is 3.68. The Morgan fingerprint density at radius 1 is 1.22 bits per heavy atom. The van der Waals surface area contributed by atoms with Crippen LogP contribution in [0.2, 0.25) is 0 Å². The molecule has 0 atom stereocenters. The molecule has 0 saturated heterocycles. The van der Waals surface area contributed by atoms with Crippen LogP contribution in [-0.2, 0) is 5.66 Å². The van der Waals surface area contributed by atoms with Crippen molar-refractivity contribution >= 4 is 39.0 Å². The minimum absolute atomic E-state index is 0.152. The lowest BCUT2D eigenvalue weighted by atomic mass is 9.89. The molecule has 1 aliphatic heterocycles. The van der Waals surface area contributed by atoms with Gasteiger partial charge in [-0.1, -0.05) is 6.42 Å². The van der Waals surface area contributed by atoms with Crippen LogP contribution in [0.1, 0.15) is 48.2 Å². The zero-order valence-corrected chi connectivity index (χ0v) is 15.7. The molecule has 0 unspecified atom stereocenters. The van der Waals surface area contributed by atoms with Crippen LogP contribution in [0, 0.1) is 6.92 Å². The van der Waals surface area contributed by atoms with Crippen LogP contribution in [0.15, 0.2) is 28.6 Å².